The molecule has 0 saturated carbocycles. The van der Waals surface area contributed by atoms with Gasteiger partial charge in [-0.25, -0.2) is 4.79 Å². The summed E-state index contributed by atoms with van der Waals surface area (Å²) in [5.41, 5.74) is -0.482. The third-order valence-electron chi connectivity index (χ3n) is 4.46. The number of hydrogen-bond acceptors (Lipinski definition) is 9. The molecule has 2 aromatic rings. The molecule has 1 aliphatic rings. The van der Waals surface area contributed by atoms with Crippen LogP contribution in [0.4, 0.5) is 11.4 Å². The van der Waals surface area contributed by atoms with Gasteiger partial charge in [-0.05, 0) is 26.0 Å². The molecule has 170 valence electrons. The van der Waals surface area contributed by atoms with Gasteiger partial charge in [0.1, 0.15) is 18.8 Å². The first kappa shape index (κ1) is 22.7. The molecule has 0 aliphatic carbocycles. The number of carbonyl (C=O) groups is 2. The Morgan fingerprint density at radius 2 is 1.88 bits per heavy atom. The average Bonchev–Trinajstić information content (AvgIpc) is 2.78. The summed E-state index contributed by atoms with van der Waals surface area (Å²) in [5, 5.41) is 14.0. The van der Waals surface area contributed by atoms with E-state index < -0.39 is 28.6 Å². The van der Waals surface area contributed by atoms with Crippen LogP contribution in [-0.2, 0) is 9.53 Å². The molecule has 3 rings (SSSR count). The molecule has 1 amide bonds. The van der Waals surface area contributed by atoms with Crippen molar-refractivity contribution in [3.8, 4) is 23.0 Å². The van der Waals surface area contributed by atoms with Crippen molar-refractivity contribution >= 4 is 23.3 Å². The van der Waals surface area contributed by atoms with E-state index in [1.165, 1.54) is 14.0 Å². The molecule has 1 atom stereocenters. The summed E-state index contributed by atoms with van der Waals surface area (Å²) < 4.78 is 26.5. The topological polar surface area (TPSA) is 135 Å². The number of hydrogen-bond donors (Lipinski definition) is 1. The van der Waals surface area contributed by atoms with E-state index in [2.05, 4.69) is 5.32 Å². The molecular weight excluding hydrogens is 424 g/mol. The van der Waals surface area contributed by atoms with Crippen LogP contribution in [0.25, 0.3) is 0 Å². The van der Waals surface area contributed by atoms with Crippen molar-refractivity contribution in [1.29, 1.82) is 0 Å². The van der Waals surface area contributed by atoms with Crippen LogP contribution in [0.2, 0.25) is 0 Å². The number of nitrogens with zero attached hydrogens (tertiary/aromatic N) is 1. The van der Waals surface area contributed by atoms with Crippen LogP contribution >= 0.6 is 0 Å². The van der Waals surface area contributed by atoms with E-state index in [9.17, 15) is 19.7 Å². The van der Waals surface area contributed by atoms with Crippen LogP contribution in [0.1, 0.15) is 24.2 Å². The Kier molecular flexibility index (Phi) is 6.98. The molecule has 32 heavy (non-hydrogen) atoms. The molecule has 1 heterocycles. The third-order valence-corrected chi connectivity index (χ3v) is 4.46. The average molecular weight is 446 g/mol. The molecule has 11 heteroatoms. The highest BCUT2D eigenvalue weighted by Crippen LogP contribution is 2.35. The Morgan fingerprint density at radius 3 is 2.53 bits per heavy atom. The monoisotopic (exact) mass is 446 g/mol. The van der Waals surface area contributed by atoms with Crippen LogP contribution < -0.4 is 24.3 Å². The lowest BCUT2D eigenvalue weighted by molar-refractivity contribution is -0.385. The Morgan fingerprint density at radius 1 is 1.16 bits per heavy atom. The largest absolute Gasteiger partial charge is 0.493 e. The van der Waals surface area contributed by atoms with Gasteiger partial charge in [0.15, 0.2) is 29.1 Å². The van der Waals surface area contributed by atoms with E-state index in [4.69, 9.17) is 23.7 Å². The highest BCUT2D eigenvalue weighted by Gasteiger charge is 2.28. The van der Waals surface area contributed by atoms with Gasteiger partial charge in [-0.3, -0.25) is 14.9 Å². The second kappa shape index (κ2) is 9.86. The van der Waals surface area contributed by atoms with Gasteiger partial charge in [0, 0.05) is 17.8 Å². The first-order valence-electron chi connectivity index (χ1n) is 9.74. The Hall–Kier alpha value is -4.02. The number of fused-ring (bicyclic) bond motifs is 1. The molecule has 11 nitrogen and oxygen atoms in total. The smallest absolute Gasteiger partial charge is 0.346 e. The normalized spacial score (nSPS) is 13.0. The van der Waals surface area contributed by atoms with Crippen molar-refractivity contribution in [3.05, 3.63) is 46.0 Å². The minimum atomic E-state index is -1.24. The number of nitro groups is 1. The molecule has 0 aromatic heterocycles. The van der Waals surface area contributed by atoms with E-state index in [0.29, 0.717) is 30.4 Å². The number of nitrogens with one attached hydrogen (secondary N) is 1. The Labute approximate surface area is 183 Å². The van der Waals surface area contributed by atoms with Crippen molar-refractivity contribution in [2.45, 2.75) is 20.0 Å². The van der Waals surface area contributed by atoms with E-state index >= 15 is 0 Å². The van der Waals surface area contributed by atoms with Crippen molar-refractivity contribution < 1.29 is 38.2 Å². The van der Waals surface area contributed by atoms with Crippen LogP contribution in [0.15, 0.2) is 30.3 Å². The maximum Gasteiger partial charge on any atom is 0.346 e. The minimum absolute atomic E-state index is 0.0968. The summed E-state index contributed by atoms with van der Waals surface area (Å²) in [6.07, 6.45) is -1.24. The molecule has 0 fully saturated rings. The lowest BCUT2D eigenvalue weighted by Crippen LogP contribution is -2.30. The molecule has 2 aromatic carbocycles. The van der Waals surface area contributed by atoms with E-state index in [1.54, 1.807) is 25.1 Å². The molecule has 1 unspecified atom stereocenters. The molecule has 0 saturated heterocycles. The summed E-state index contributed by atoms with van der Waals surface area (Å²) in [4.78, 5) is 35.8. The van der Waals surface area contributed by atoms with E-state index in [1.807, 2.05) is 0 Å². The molecule has 0 spiro atoms. The van der Waals surface area contributed by atoms with Gasteiger partial charge in [-0.15, -0.1) is 0 Å². The van der Waals surface area contributed by atoms with Crippen LogP contribution in [-0.4, -0.2) is 49.8 Å². The number of benzene rings is 2. The molecular formula is C21H22N2O9. The first-order valence-corrected chi connectivity index (χ1v) is 9.74. The van der Waals surface area contributed by atoms with Crippen LogP contribution in [0.5, 0.6) is 23.0 Å². The summed E-state index contributed by atoms with van der Waals surface area (Å²) in [7, 11) is 1.32. The van der Waals surface area contributed by atoms with Gasteiger partial charge in [0.05, 0.1) is 24.7 Å². The van der Waals surface area contributed by atoms with Crippen molar-refractivity contribution in [2.24, 2.45) is 0 Å². The lowest BCUT2D eigenvalue weighted by Gasteiger charge is -2.19. The number of nitro benzene ring substituents is 1. The zero-order chi connectivity index (χ0) is 23.3. The Bertz CT molecular complexity index is 1040. The first-order chi connectivity index (χ1) is 15.3. The quantitative estimate of drug-likeness (QED) is 0.369. The van der Waals surface area contributed by atoms with Gasteiger partial charge in [-0.1, -0.05) is 0 Å². The van der Waals surface area contributed by atoms with Gasteiger partial charge in [0.2, 0.25) is 0 Å². The SMILES string of the molecule is CCOc1cc(C(=O)OC(C)C(=O)Nc2ccc3c(c2)OCCO3)c([N+](=O)[O-])cc1OC. The maximum atomic E-state index is 12.6. The fourth-order valence-corrected chi connectivity index (χ4v) is 2.93. The number of amides is 1. The maximum absolute atomic E-state index is 12.6. The molecule has 1 aliphatic heterocycles. The minimum Gasteiger partial charge on any atom is -0.493 e. The van der Waals surface area contributed by atoms with E-state index in [0.717, 1.165) is 12.1 Å². The fraction of sp³-hybridized carbons (Fsp3) is 0.333. The number of carbonyl (C=O) groups excluding carboxylic acids is 2. The van der Waals surface area contributed by atoms with Crippen molar-refractivity contribution in [2.75, 3.05) is 32.2 Å². The highest BCUT2D eigenvalue weighted by molar-refractivity contribution is 5.99. The number of anilines is 1. The van der Waals surface area contributed by atoms with Gasteiger partial charge >= 0.3 is 5.97 Å². The summed E-state index contributed by atoms with van der Waals surface area (Å²) >= 11 is 0. The highest BCUT2D eigenvalue weighted by atomic mass is 16.6. The predicted molar refractivity (Wildman–Crippen MR) is 112 cm³/mol. The zero-order valence-electron chi connectivity index (χ0n) is 17.7. The number of rotatable bonds is 8. The second-order valence-electron chi connectivity index (χ2n) is 6.61. The summed E-state index contributed by atoms with van der Waals surface area (Å²) in [5.74, 6) is -0.400. The number of ether oxygens (including phenoxy) is 5. The molecule has 0 bridgehead atoms. The standard InChI is InChI=1S/C21H22N2O9/c1-4-29-19-10-14(15(23(26)27)11-17(19)28-3)21(25)32-12(2)20(24)22-13-5-6-16-18(9-13)31-8-7-30-16/h5-6,9-12H,4,7-8H2,1-3H3,(H,22,24). The molecule has 1 N–H and O–H groups in total. The number of esters is 1. The van der Waals surface area contributed by atoms with Crippen LogP contribution in [0, 0.1) is 10.1 Å². The summed E-state index contributed by atoms with van der Waals surface area (Å²) in [6, 6.07) is 7.08. The van der Waals surface area contributed by atoms with Crippen LogP contribution in [0.3, 0.4) is 0 Å². The number of methoxy groups -OCH3 is 1. The lowest BCUT2D eigenvalue weighted by atomic mass is 10.1. The summed E-state index contributed by atoms with van der Waals surface area (Å²) in [6.45, 7) is 4.14. The fourth-order valence-electron chi connectivity index (χ4n) is 2.93. The third kappa shape index (κ3) is 4.99. The zero-order valence-corrected chi connectivity index (χ0v) is 17.7. The van der Waals surface area contributed by atoms with E-state index in [-0.39, 0.29) is 23.7 Å². The predicted octanol–water partition coefficient (Wildman–Crippen LogP) is 2.96. The van der Waals surface area contributed by atoms with Crippen molar-refractivity contribution in [1.82, 2.24) is 0 Å². The van der Waals surface area contributed by atoms with Gasteiger partial charge in [-0.2, -0.15) is 0 Å². The molecule has 0 radical (unpaired) electrons. The Balaban J connectivity index is 1.75. The second-order valence-corrected chi connectivity index (χ2v) is 6.61. The van der Waals surface area contributed by atoms with Gasteiger partial charge < -0.3 is 29.0 Å². The van der Waals surface area contributed by atoms with Crippen molar-refractivity contribution in [3.63, 3.8) is 0 Å². The van der Waals surface area contributed by atoms with Gasteiger partial charge in [0.25, 0.3) is 11.6 Å².